The summed E-state index contributed by atoms with van der Waals surface area (Å²) in [4.78, 5) is 0. The van der Waals surface area contributed by atoms with Gasteiger partial charge in [0.05, 0.1) is 0 Å². The smallest absolute Gasteiger partial charge is 0.0483 e. The molecule has 0 amide bonds. The highest BCUT2D eigenvalue weighted by molar-refractivity contribution is 5.85. The van der Waals surface area contributed by atoms with Crippen molar-refractivity contribution in [1.82, 2.24) is 9.88 Å². The minimum atomic E-state index is -0.00234. The van der Waals surface area contributed by atoms with Crippen molar-refractivity contribution < 1.29 is 5.11 Å². The standard InChI is InChI=1S/C17H26N2O/c1-5-17(3,10-11-20)18-12-16-13(2)14-8-6-7-9-15(14)19(16)4/h6-9,18,20H,5,10-12H2,1-4H3. The van der Waals surface area contributed by atoms with Crippen molar-refractivity contribution in [2.24, 2.45) is 7.05 Å². The maximum Gasteiger partial charge on any atom is 0.0483 e. The molecule has 1 atom stereocenters. The first-order chi connectivity index (χ1) is 9.52. The highest BCUT2D eigenvalue weighted by Crippen LogP contribution is 2.25. The summed E-state index contributed by atoms with van der Waals surface area (Å²) in [6, 6.07) is 8.52. The third kappa shape index (κ3) is 2.74. The number of aliphatic hydroxyl groups is 1. The van der Waals surface area contributed by atoms with Crippen molar-refractivity contribution in [3.8, 4) is 0 Å². The van der Waals surface area contributed by atoms with Crippen LogP contribution in [0.15, 0.2) is 24.3 Å². The summed E-state index contributed by atoms with van der Waals surface area (Å²) in [6.07, 6.45) is 1.79. The number of hydrogen-bond donors (Lipinski definition) is 2. The Morgan fingerprint density at radius 1 is 1.30 bits per heavy atom. The van der Waals surface area contributed by atoms with Crippen molar-refractivity contribution in [1.29, 1.82) is 0 Å². The molecule has 2 rings (SSSR count). The third-order valence-corrected chi connectivity index (χ3v) is 4.63. The molecular formula is C17H26N2O. The van der Waals surface area contributed by atoms with Crippen LogP contribution in [-0.2, 0) is 13.6 Å². The number of aryl methyl sites for hydroxylation is 2. The predicted octanol–water partition coefficient (Wildman–Crippen LogP) is 3.13. The molecule has 0 spiro atoms. The topological polar surface area (TPSA) is 37.2 Å². The monoisotopic (exact) mass is 274 g/mol. The van der Waals surface area contributed by atoms with Crippen LogP contribution in [0.2, 0.25) is 0 Å². The molecule has 1 aromatic heterocycles. The van der Waals surface area contributed by atoms with Gasteiger partial charge in [0, 0.05) is 42.3 Å². The van der Waals surface area contributed by atoms with Gasteiger partial charge in [0.2, 0.25) is 0 Å². The zero-order valence-electron chi connectivity index (χ0n) is 13.0. The first kappa shape index (κ1) is 15.1. The molecule has 1 heterocycles. The van der Waals surface area contributed by atoms with E-state index in [0.29, 0.717) is 0 Å². The van der Waals surface area contributed by atoms with Crippen LogP contribution in [0.5, 0.6) is 0 Å². The first-order valence-corrected chi connectivity index (χ1v) is 7.41. The number of aromatic nitrogens is 1. The number of fused-ring (bicyclic) bond motifs is 1. The van der Waals surface area contributed by atoms with E-state index in [1.165, 1.54) is 22.2 Å². The number of nitrogens with zero attached hydrogens (tertiary/aromatic N) is 1. The molecular weight excluding hydrogens is 248 g/mol. The molecule has 0 aliphatic rings. The Labute approximate surface area is 121 Å². The van der Waals surface area contributed by atoms with Crippen LogP contribution >= 0.6 is 0 Å². The highest BCUT2D eigenvalue weighted by atomic mass is 16.3. The molecule has 2 N–H and O–H groups in total. The zero-order chi connectivity index (χ0) is 14.8. The molecule has 0 aliphatic carbocycles. The molecule has 20 heavy (non-hydrogen) atoms. The second kappa shape index (κ2) is 5.98. The Bertz CT molecular complexity index is 549. The van der Waals surface area contributed by atoms with E-state index in [2.05, 4.69) is 62.0 Å². The lowest BCUT2D eigenvalue weighted by atomic mass is 9.94. The average molecular weight is 274 g/mol. The molecule has 0 fully saturated rings. The quantitative estimate of drug-likeness (QED) is 0.849. The lowest BCUT2D eigenvalue weighted by Gasteiger charge is -2.29. The van der Waals surface area contributed by atoms with Crippen LogP contribution in [0.4, 0.5) is 0 Å². The second-order valence-electron chi connectivity index (χ2n) is 5.89. The van der Waals surface area contributed by atoms with E-state index in [9.17, 15) is 5.11 Å². The summed E-state index contributed by atoms with van der Waals surface area (Å²) in [5.41, 5.74) is 3.95. The lowest BCUT2D eigenvalue weighted by Crippen LogP contribution is -2.42. The number of benzene rings is 1. The molecule has 0 bridgehead atoms. The summed E-state index contributed by atoms with van der Waals surface area (Å²) < 4.78 is 2.27. The fourth-order valence-corrected chi connectivity index (χ4v) is 2.82. The van der Waals surface area contributed by atoms with Crippen LogP contribution in [0.25, 0.3) is 10.9 Å². The predicted molar refractivity (Wildman–Crippen MR) is 84.9 cm³/mol. The number of aliphatic hydroxyl groups excluding tert-OH is 1. The van der Waals surface area contributed by atoms with Crippen LogP contribution in [0, 0.1) is 6.92 Å². The molecule has 1 aromatic carbocycles. The number of rotatable bonds is 6. The summed E-state index contributed by atoms with van der Waals surface area (Å²) in [5, 5.41) is 14.2. The van der Waals surface area contributed by atoms with Gasteiger partial charge in [-0.1, -0.05) is 25.1 Å². The molecule has 0 aliphatic heterocycles. The maximum atomic E-state index is 9.21. The number of nitrogens with one attached hydrogen (secondary N) is 1. The molecule has 0 radical (unpaired) electrons. The van der Waals surface area contributed by atoms with Gasteiger partial charge in [-0.3, -0.25) is 0 Å². The van der Waals surface area contributed by atoms with Crippen LogP contribution < -0.4 is 5.32 Å². The molecule has 0 saturated heterocycles. The first-order valence-electron chi connectivity index (χ1n) is 7.41. The fraction of sp³-hybridized carbons (Fsp3) is 0.529. The van der Waals surface area contributed by atoms with Crippen LogP contribution in [-0.4, -0.2) is 21.8 Å². The highest BCUT2D eigenvalue weighted by Gasteiger charge is 2.21. The van der Waals surface area contributed by atoms with Gasteiger partial charge in [-0.15, -0.1) is 0 Å². The molecule has 2 aromatic rings. The van der Waals surface area contributed by atoms with Gasteiger partial charge in [0.15, 0.2) is 0 Å². The van der Waals surface area contributed by atoms with Crippen molar-refractivity contribution in [3.05, 3.63) is 35.5 Å². The van der Waals surface area contributed by atoms with Crippen LogP contribution in [0.1, 0.15) is 37.9 Å². The Balaban J connectivity index is 2.26. The zero-order valence-corrected chi connectivity index (χ0v) is 13.0. The van der Waals surface area contributed by atoms with E-state index in [-0.39, 0.29) is 12.1 Å². The summed E-state index contributed by atoms with van der Waals surface area (Å²) in [5.74, 6) is 0. The molecule has 1 unspecified atom stereocenters. The third-order valence-electron chi connectivity index (χ3n) is 4.63. The van der Waals surface area contributed by atoms with Gasteiger partial charge < -0.3 is 15.0 Å². The van der Waals surface area contributed by atoms with Gasteiger partial charge in [-0.05, 0) is 38.3 Å². The minimum absolute atomic E-state index is 0.00234. The maximum absolute atomic E-state index is 9.21. The van der Waals surface area contributed by atoms with E-state index in [0.717, 1.165) is 19.4 Å². The molecule has 0 saturated carbocycles. The fourth-order valence-electron chi connectivity index (χ4n) is 2.82. The van der Waals surface area contributed by atoms with E-state index < -0.39 is 0 Å². The SMILES string of the molecule is CCC(C)(CCO)NCc1c(C)c2ccccc2n1C. The Kier molecular flexibility index (Phi) is 4.51. The summed E-state index contributed by atoms with van der Waals surface area (Å²) in [7, 11) is 2.13. The second-order valence-corrected chi connectivity index (χ2v) is 5.89. The van der Waals surface area contributed by atoms with Crippen molar-refractivity contribution in [3.63, 3.8) is 0 Å². The Morgan fingerprint density at radius 3 is 2.60 bits per heavy atom. The van der Waals surface area contributed by atoms with E-state index in [1.54, 1.807) is 0 Å². The van der Waals surface area contributed by atoms with E-state index >= 15 is 0 Å². The Morgan fingerprint density at radius 2 is 2.00 bits per heavy atom. The van der Waals surface area contributed by atoms with Gasteiger partial charge in [0.25, 0.3) is 0 Å². The largest absolute Gasteiger partial charge is 0.396 e. The van der Waals surface area contributed by atoms with Gasteiger partial charge >= 0.3 is 0 Å². The molecule has 3 nitrogen and oxygen atoms in total. The number of para-hydroxylation sites is 1. The normalized spacial score (nSPS) is 14.7. The Hall–Kier alpha value is -1.32. The van der Waals surface area contributed by atoms with Gasteiger partial charge in [0.1, 0.15) is 0 Å². The summed E-state index contributed by atoms with van der Waals surface area (Å²) >= 11 is 0. The van der Waals surface area contributed by atoms with Gasteiger partial charge in [-0.25, -0.2) is 0 Å². The van der Waals surface area contributed by atoms with Gasteiger partial charge in [-0.2, -0.15) is 0 Å². The van der Waals surface area contributed by atoms with E-state index in [4.69, 9.17) is 0 Å². The van der Waals surface area contributed by atoms with Crippen LogP contribution in [0.3, 0.4) is 0 Å². The molecule has 3 heteroatoms. The number of hydrogen-bond acceptors (Lipinski definition) is 2. The van der Waals surface area contributed by atoms with Crippen molar-refractivity contribution in [2.45, 2.75) is 45.7 Å². The van der Waals surface area contributed by atoms with Crippen molar-refractivity contribution >= 4 is 10.9 Å². The summed E-state index contributed by atoms with van der Waals surface area (Å²) in [6.45, 7) is 7.60. The average Bonchev–Trinajstić information content (AvgIpc) is 2.70. The van der Waals surface area contributed by atoms with E-state index in [1.807, 2.05) is 0 Å². The lowest BCUT2D eigenvalue weighted by molar-refractivity contribution is 0.214. The van der Waals surface area contributed by atoms with Crippen molar-refractivity contribution in [2.75, 3.05) is 6.61 Å². The minimum Gasteiger partial charge on any atom is -0.396 e. The molecule has 110 valence electrons.